The van der Waals surface area contributed by atoms with Gasteiger partial charge in [0.2, 0.25) is 5.91 Å². The smallest absolute Gasteiger partial charge is 0.389 e. The number of rotatable bonds is 8. The van der Waals surface area contributed by atoms with Crippen LogP contribution in [0.2, 0.25) is 0 Å². The number of hydrogen-bond acceptors (Lipinski definition) is 5. The van der Waals surface area contributed by atoms with E-state index in [2.05, 4.69) is 33.4 Å². The third-order valence-corrected chi connectivity index (χ3v) is 6.07. The maximum Gasteiger partial charge on any atom is 0.389 e. The molecule has 0 bridgehead atoms. The third kappa shape index (κ3) is 6.31. The van der Waals surface area contributed by atoms with E-state index in [9.17, 15) is 18.0 Å². The highest BCUT2D eigenvalue weighted by Crippen LogP contribution is 2.33. The summed E-state index contributed by atoms with van der Waals surface area (Å²) in [7, 11) is 0. The van der Waals surface area contributed by atoms with Gasteiger partial charge in [-0.25, -0.2) is 0 Å². The van der Waals surface area contributed by atoms with Crippen LogP contribution >= 0.6 is 0 Å². The fraction of sp³-hybridized carbons (Fsp3) is 0.458. The first kappa shape index (κ1) is 23.2. The SMILES string of the molecule is C[C@H]1Cc2cc(OCCCC(F)(F)F)ccc2C=C1CN1CC(C(=O)Nc2ccnnc2)C1. The Kier molecular flexibility index (Phi) is 6.97. The lowest BCUT2D eigenvalue weighted by Gasteiger charge is -2.40. The summed E-state index contributed by atoms with van der Waals surface area (Å²) < 4.78 is 42.3. The van der Waals surface area contributed by atoms with Crippen LogP contribution in [0.25, 0.3) is 6.08 Å². The molecule has 6 nitrogen and oxygen atoms in total. The molecule has 9 heteroatoms. The summed E-state index contributed by atoms with van der Waals surface area (Å²) in [6.07, 6.45) is 1.09. The van der Waals surface area contributed by atoms with Gasteiger partial charge < -0.3 is 10.1 Å². The maximum absolute atomic E-state index is 12.4. The predicted octanol–water partition coefficient (Wildman–Crippen LogP) is 4.34. The fourth-order valence-corrected chi connectivity index (χ4v) is 4.19. The average molecular weight is 461 g/mol. The van der Waals surface area contributed by atoms with E-state index in [4.69, 9.17) is 4.74 Å². The summed E-state index contributed by atoms with van der Waals surface area (Å²) in [5, 5.41) is 10.3. The van der Waals surface area contributed by atoms with Crippen molar-refractivity contribution in [1.29, 1.82) is 0 Å². The molecule has 2 aliphatic rings. The summed E-state index contributed by atoms with van der Waals surface area (Å²) in [6, 6.07) is 7.43. The largest absolute Gasteiger partial charge is 0.494 e. The van der Waals surface area contributed by atoms with E-state index in [-0.39, 0.29) is 24.9 Å². The van der Waals surface area contributed by atoms with E-state index >= 15 is 0 Å². The highest BCUT2D eigenvalue weighted by atomic mass is 19.4. The van der Waals surface area contributed by atoms with Crippen molar-refractivity contribution in [3.63, 3.8) is 0 Å². The van der Waals surface area contributed by atoms with Gasteiger partial charge in [-0.2, -0.15) is 23.4 Å². The predicted molar refractivity (Wildman–Crippen MR) is 119 cm³/mol. The van der Waals surface area contributed by atoms with Crippen LogP contribution in [0, 0.1) is 11.8 Å². The number of likely N-dealkylation sites (tertiary alicyclic amines) is 1. The molecule has 1 aromatic heterocycles. The van der Waals surface area contributed by atoms with Gasteiger partial charge in [0.05, 0.1) is 30.6 Å². The minimum atomic E-state index is -4.15. The Labute approximate surface area is 190 Å². The molecule has 1 saturated heterocycles. The number of nitrogens with one attached hydrogen (secondary N) is 1. The maximum atomic E-state index is 12.4. The van der Waals surface area contributed by atoms with Crippen LogP contribution in [-0.2, 0) is 11.2 Å². The molecular formula is C24H27F3N4O2. The Morgan fingerprint density at radius 3 is 2.79 bits per heavy atom. The molecule has 2 aromatic rings. The zero-order valence-electron chi connectivity index (χ0n) is 18.4. The Morgan fingerprint density at radius 1 is 1.24 bits per heavy atom. The molecule has 0 saturated carbocycles. The van der Waals surface area contributed by atoms with E-state index in [0.29, 0.717) is 30.4 Å². The highest BCUT2D eigenvalue weighted by molar-refractivity contribution is 5.93. The van der Waals surface area contributed by atoms with Crippen LogP contribution < -0.4 is 10.1 Å². The van der Waals surface area contributed by atoms with Gasteiger partial charge >= 0.3 is 6.18 Å². The van der Waals surface area contributed by atoms with E-state index in [1.807, 2.05) is 18.2 Å². The lowest BCUT2D eigenvalue weighted by molar-refractivity contribution is -0.136. The minimum Gasteiger partial charge on any atom is -0.494 e. The molecule has 2 heterocycles. The quantitative estimate of drug-likeness (QED) is 0.594. The summed E-state index contributed by atoms with van der Waals surface area (Å²) in [6.45, 7) is 4.47. The van der Waals surface area contributed by atoms with Gasteiger partial charge in [-0.05, 0) is 48.1 Å². The number of halogens is 3. The number of fused-ring (bicyclic) bond motifs is 1. The van der Waals surface area contributed by atoms with Crippen LogP contribution in [0.15, 0.2) is 42.2 Å². The second kappa shape index (κ2) is 9.91. The lowest BCUT2D eigenvalue weighted by atomic mass is 9.83. The van der Waals surface area contributed by atoms with Crippen molar-refractivity contribution < 1.29 is 22.7 Å². The number of nitrogens with zero attached hydrogens (tertiary/aromatic N) is 3. The monoisotopic (exact) mass is 460 g/mol. The number of ether oxygens (including phenoxy) is 1. The van der Waals surface area contributed by atoms with E-state index in [1.165, 1.54) is 11.8 Å². The van der Waals surface area contributed by atoms with Crippen molar-refractivity contribution in [1.82, 2.24) is 15.1 Å². The number of carbonyl (C=O) groups excluding carboxylic acids is 1. The van der Waals surface area contributed by atoms with Crippen molar-refractivity contribution in [2.75, 3.05) is 31.6 Å². The van der Waals surface area contributed by atoms with Gasteiger partial charge in [-0.15, -0.1) is 0 Å². The molecule has 33 heavy (non-hydrogen) atoms. The molecule has 176 valence electrons. The molecule has 0 spiro atoms. The first-order valence-electron chi connectivity index (χ1n) is 11.1. The third-order valence-electron chi connectivity index (χ3n) is 6.07. The molecule has 1 N–H and O–H groups in total. The Morgan fingerprint density at radius 2 is 2.06 bits per heavy atom. The van der Waals surface area contributed by atoms with Crippen LogP contribution in [0.5, 0.6) is 5.75 Å². The van der Waals surface area contributed by atoms with Crippen LogP contribution in [0.3, 0.4) is 0 Å². The first-order chi connectivity index (χ1) is 15.8. The Balaban J connectivity index is 1.27. The van der Waals surface area contributed by atoms with Crippen LogP contribution in [0.4, 0.5) is 18.9 Å². The molecule has 1 aliphatic carbocycles. The summed E-state index contributed by atoms with van der Waals surface area (Å²) >= 11 is 0. The molecule has 0 radical (unpaired) electrons. The fourth-order valence-electron chi connectivity index (χ4n) is 4.19. The van der Waals surface area contributed by atoms with Gasteiger partial charge in [-0.1, -0.05) is 24.6 Å². The number of anilines is 1. The van der Waals surface area contributed by atoms with Crippen LogP contribution in [-0.4, -0.2) is 53.4 Å². The van der Waals surface area contributed by atoms with Crippen molar-refractivity contribution in [3.8, 4) is 5.75 Å². The van der Waals surface area contributed by atoms with Crippen molar-refractivity contribution in [3.05, 3.63) is 53.4 Å². The lowest BCUT2D eigenvalue weighted by Crippen LogP contribution is -2.52. The summed E-state index contributed by atoms with van der Waals surface area (Å²) in [5.41, 5.74) is 4.23. The van der Waals surface area contributed by atoms with Gasteiger partial charge in [0, 0.05) is 26.1 Å². The zero-order chi connectivity index (χ0) is 23.4. The van der Waals surface area contributed by atoms with Crippen LogP contribution in [0.1, 0.15) is 30.9 Å². The molecule has 1 aliphatic heterocycles. The summed E-state index contributed by atoms with van der Waals surface area (Å²) in [5.74, 6) is 0.912. The zero-order valence-corrected chi connectivity index (χ0v) is 18.4. The van der Waals surface area contributed by atoms with Gasteiger partial charge in [0.15, 0.2) is 0 Å². The number of carbonyl (C=O) groups is 1. The first-order valence-corrected chi connectivity index (χ1v) is 11.1. The molecule has 1 aromatic carbocycles. The average Bonchev–Trinajstić information content (AvgIpc) is 2.73. The topological polar surface area (TPSA) is 67.3 Å². The number of benzene rings is 1. The van der Waals surface area contributed by atoms with Gasteiger partial charge in [0.25, 0.3) is 0 Å². The molecule has 4 rings (SSSR count). The molecular weight excluding hydrogens is 433 g/mol. The summed E-state index contributed by atoms with van der Waals surface area (Å²) in [4.78, 5) is 14.6. The van der Waals surface area contributed by atoms with Crippen molar-refractivity contribution in [2.45, 2.75) is 32.4 Å². The number of hydrogen-bond donors (Lipinski definition) is 1. The molecule has 0 unspecified atom stereocenters. The highest BCUT2D eigenvalue weighted by Gasteiger charge is 2.34. The molecule has 1 fully saturated rings. The normalized spacial score (nSPS) is 18.8. The van der Waals surface area contributed by atoms with E-state index < -0.39 is 12.6 Å². The second-order valence-corrected chi connectivity index (χ2v) is 8.76. The van der Waals surface area contributed by atoms with Gasteiger partial charge in [0.1, 0.15) is 5.75 Å². The van der Waals surface area contributed by atoms with Crippen molar-refractivity contribution in [2.24, 2.45) is 11.8 Å². The number of amides is 1. The number of alkyl halides is 3. The Bertz CT molecular complexity index is 1000. The molecule has 1 amide bonds. The second-order valence-electron chi connectivity index (χ2n) is 8.76. The Hall–Kier alpha value is -2.94. The minimum absolute atomic E-state index is 0.00182. The standard InChI is InChI=1S/C24H27F3N4O2/c1-16-9-18-11-22(33-8-2-6-24(25,26)27)4-3-17(18)10-19(16)13-31-14-20(15-31)23(32)30-21-5-7-28-29-12-21/h3-5,7,10-12,16,20H,2,6,8-9,13-15H2,1H3,(H,28,30,32)/t16-/m0/s1. The van der Waals surface area contributed by atoms with E-state index in [1.54, 1.807) is 12.3 Å². The molecule has 1 atom stereocenters. The van der Waals surface area contributed by atoms with E-state index in [0.717, 1.165) is 24.1 Å². The van der Waals surface area contributed by atoms with Crippen molar-refractivity contribution >= 4 is 17.7 Å². The number of aromatic nitrogens is 2. The van der Waals surface area contributed by atoms with Gasteiger partial charge in [-0.3, -0.25) is 9.69 Å².